The van der Waals surface area contributed by atoms with E-state index < -0.39 is 5.91 Å². The summed E-state index contributed by atoms with van der Waals surface area (Å²) in [6, 6.07) is 4.92. The third kappa shape index (κ3) is 1.71. The Labute approximate surface area is 72.5 Å². The van der Waals surface area contributed by atoms with E-state index in [1.54, 1.807) is 12.1 Å². The second kappa shape index (κ2) is 2.92. The molecule has 0 saturated heterocycles. The highest BCUT2D eigenvalue weighted by atomic mass is 79.9. The second-order valence-electron chi connectivity index (χ2n) is 2.10. The van der Waals surface area contributed by atoms with Crippen molar-refractivity contribution >= 4 is 27.5 Å². The maximum Gasteiger partial charge on any atom is 0.249 e. The Bertz CT molecular complexity index is 298. The van der Waals surface area contributed by atoms with Crippen LogP contribution in [0.2, 0.25) is 0 Å². The van der Waals surface area contributed by atoms with Gasteiger partial charge in [0.15, 0.2) is 0 Å². The van der Waals surface area contributed by atoms with Gasteiger partial charge in [-0.2, -0.15) is 0 Å². The van der Waals surface area contributed by atoms with Gasteiger partial charge in [0, 0.05) is 10.2 Å². The van der Waals surface area contributed by atoms with Crippen LogP contribution in [0.5, 0.6) is 0 Å². The van der Waals surface area contributed by atoms with E-state index in [9.17, 15) is 4.79 Å². The molecule has 1 aromatic carbocycles. The van der Waals surface area contributed by atoms with Gasteiger partial charge in [-0.25, -0.2) is 0 Å². The number of halogens is 1. The molecule has 58 valence electrons. The van der Waals surface area contributed by atoms with E-state index in [1.165, 1.54) is 6.07 Å². The monoisotopic (exact) mass is 214 g/mol. The zero-order chi connectivity index (χ0) is 8.43. The van der Waals surface area contributed by atoms with Gasteiger partial charge in [0.25, 0.3) is 0 Å². The topological polar surface area (TPSA) is 69.1 Å². The van der Waals surface area contributed by atoms with Crippen molar-refractivity contribution in [2.24, 2.45) is 5.73 Å². The van der Waals surface area contributed by atoms with E-state index in [1.807, 2.05) is 0 Å². The van der Waals surface area contributed by atoms with Gasteiger partial charge in [0.05, 0.1) is 5.56 Å². The Morgan fingerprint density at radius 2 is 2.09 bits per heavy atom. The average Bonchev–Trinajstić information content (AvgIpc) is 1.94. The summed E-state index contributed by atoms with van der Waals surface area (Å²) in [5, 5.41) is 0. The number of nitrogens with two attached hydrogens (primary N) is 2. The van der Waals surface area contributed by atoms with E-state index in [4.69, 9.17) is 11.5 Å². The van der Waals surface area contributed by atoms with Crippen LogP contribution in [-0.2, 0) is 0 Å². The summed E-state index contributed by atoms with van der Waals surface area (Å²) in [6.45, 7) is 0. The fourth-order valence-corrected chi connectivity index (χ4v) is 1.17. The Morgan fingerprint density at radius 3 is 2.55 bits per heavy atom. The molecule has 1 aromatic rings. The molecule has 1 amide bonds. The molecule has 4 N–H and O–H groups in total. The van der Waals surface area contributed by atoms with Gasteiger partial charge in [-0.05, 0) is 34.1 Å². The summed E-state index contributed by atoms with van der Waals surface area (Å²) < 4.78 is 0.666. The van der Waals surface area contributed by atoms with E-state index in [0.29, 0.717) is 15.7 Å². The van der Waals surface area contributed by atoms with Crippen LogP contribution >= 0.6 is 15.9 Å². The minimum absolute atomic E-state index is 0.407. The SMILES string of the molecule is NC(=O)c1cc(N)ccc1Br. The molecule has 0 aliphatic heterocycles. The summed E-state index contributed by atoms with van der Waals surface area (Å²) in [4.78, 5) is 10.7. The van der Waals surface area contributed by atoms with Crippen LogP contribution in [0.1, 0.15) is 10.4 Å². The molecule has 0 aliphatic rings. The lowest BCUT2D eigenvalue weighted by Crippen LogP contribution is -2.11. The normalized spacial score (nSPS) is 9.55. The molecule has 0 bridgehead atoms. The van der Waals surface area contributed by atoms with Crippen LogP contribution in [0, 0.1) is 0 Å². The summed E-state index contributed by atoms with van der Waals surface area (Å²) in [5.41, 5.74) is 11.4. The molecule has 0 spiro atoms. The first kappa shape index (κ1) is 8.07. The molecule has 0 fully saturated rings. The molecular weight excluding hydrogens is 208 g/mol. The van der Waals surface area contributed by atoms with Crippen molar-refractivity contribution < 1.29 is 4.79 Å². The molecule has 0 saturated carbocycles. The maximum atomic E-state index is 10.7. The van der Waals surface area contributed by atoms with Crippen LogP contribution in [0.3, 0.4) is 0 Å². The molecule has 0 aromatic heterocycles. The van der Waals surface area contributed by atoms with E-state index in [2.05, 4.69) is 15.9 Å². The van der Waals surface area contributed by atoms with Crippen molar-refractivity contribution in [1.82, 2.24) is 0 Å². The largest absolute Gasteiger partial charge is 0.399 e. The molecule has 0 unspecified atom stereocenters. The Kier molecular flexibility index (Phi) is 2.14. The van der Waals surface area contributed by atoms with Crippen LogP contribution in [0.25, 0.3) is 0 Å². The number of amides is 1. The number of hydrogen-bond donors (Lipinski definition) is 2. The zero-order valence-corrected chi connectivity index (χ0v) is 7.26. The summed E-state index contributed by atoms with van der Waals surface area (Å²) in [6.07, 6.45) is 0. The molecule has 11 heavy (non-hydrogen) atoms. The van der Waals surface area contributed by atoms with Crippen molar-refractivity contribution in [3.63, 3.8) is 0 Å². The maximum absolute atomic E-state index is 10.7. The zero-order valence-electron chi connectivity index (χ0n) is 5.67. The lowest BCUT2D eigenvalue weighted by molar-refractivity contribution is 0.0999. The number of rotatable bonds is 1. The Morgan fingerprint density at radius 1 is 1.45 bits per heavy atom. The van der Waals surface area contributed by atoms with Crippen LogP contribution in [0.15, 0.2) is 22.7 Å². The van der Waals surface area contributed by atoms with Gasteiger partial charge in [-0.3, -0.25) is 4.79 Å². The quantitative estimate of drug-likeness (QED) is 0.689. The van der Waals surface area contributed by atoms with Crippen molar-refractivity contribution in [3.05, 3.63) is 28.2 Å². The lowest BCUT2D eigenvalue weighted by Gasteiger charge is -1.99. The van der Waals surface area contributed by atoms with E-state index in [-0.39, 0.29) is 0 Å². The standard InChI is InChI=1S/C7H7BrN2O/c8-6-2-1-4(9)3-5(6)7(10)11/h1-3H,9H2,(H2,10,11). The number of nitrogen functional groups attached to an aromatic ring is 1. The fraction of sp³-hybridized carbons (Fsp3) is 0. The predicted octanol–water partition coefficient (Wildman–Crippen LogP) is 1.13. The van der Waals surface area contributed by atoms with Gasteiger partial charge in [-0.15, -0.1) is 0 Å². The molecule has 3 nitrogen and oxygen atoms in total. The van der Waals surface area contributed by atoms with Crippen molar-refractivity contribution in [1.29, 1.82) is 0 Å². The van der Waals surface area contributed by atoms with Gasteiger partial charge in [0.1, 0.15) is 0 Å². The molecule has 0 heterocycles. The van der Waals surface area contributed by atoms with Crippen molar-refractivity contribution in [2.75, 3.05) is 5.73 Å². The lowest BCUT2D eigenvalue weighted by atomic mass is 10.2. The first-order valence-corrected chi connectivity index (χ1v) is 3.75. The molecule has 4 heteroatoms. The van der Waals surface area contributed by atoms with Crippen LogP contribution < -0.4 is 11.5 Å². The Balaban J connectivity index is 3.23. The Hall–Kier alpha value is -1.03. The molecule has 0 aliphatic carbocycles. The van der Waals surface area contributed by atoms with Gasteiger partial charge < -0.3 is 11.5 Å². The summed E-state index contributed by atoms with van der Waals surface area (Å²) in [5.74, 6) is -0.482. The number of carbonyl (C=O) groups is 1. The minimum Gasteiger partial charge on any atom is -0.399 e. The first-order valence-electron chi connectivity index (χ1n) is 2.96. The summed E-state index contributed by atoms with van der Waals surface area (Å²) in [7, 11) is 0. The third-order valence-corrected chi connectivity index (χ3v) is 1.95. The molecule has 1 rings (SSSR count). The highest BCUT2D eigenvalue weighted by Gasteiger charge is 2.04. The highest BCUT2D eigenvalue weighted by molar-refractivity contribution is 9.10. The van der Waals surface area contributed by atoms with Crippen molar-refractivity contribution in [2.45, 2.75) is 0 Å². The van der Waals surface area contributed by atoms with E-state index in [0.717, 1.165) is 0 Å². The molecular formula is C7H7BrN2O. The van der Waals surface area contributed by atoms with Crippen molar-refractivity contribution in [3.8, 4) is 0 Å². The molecule has 0 radical (unpaired) electrons. The number of hydrogen-bond acceptors (Lipinski definition) is 2. The van der Waals surface area contributed by atoms with E-state index >= 15 is 0 Å². The van der Waals surface area contributed by atoms with Crippen LogP contribution in [0.4, 0.5) is 5.69 Å². The van der Waals surface area contributed by atoms with Gasteiger partial charge >= 0.3 is 0 Å². The predicted molar refractivity (Wildman–Crippen MR) is 47.1 cm³/mol. The fourth-order valence-electron chi connectivity index (χ4n) is 0.732. The smallest absolute Gasteiger partial charge is 0.249 e. The minimum atomic E-state index is -0.482. The number of anilines is 1. The molecule has 0 atom stereocenters. The highest BCUT2D eigenvalue weighted by Crippen LogP contribution is 2.18. The first-order chi connectivity index (χ1) is 5.11. The number of primary amides is 1. The number of carbonyl (C=O) groups excluding carboxylic acids is 1. The second-order valence-corrected chi connectivity index (χ2v) is 2.96. The summed E-state index contributed by atoms with van der Waals surface area (Å²) >= 11 is 3.17. The third-order valence-electron chi connectivity index (χ3n) is 1.26. The van der Waals surface area contributed by atoms with Gasteiger partial charge in [-0.1, -0.05) is 0 Å². The number of benzene rings is 1. The van der Waals surface area contributed by atoms with Gasteiger partial charge in [0.2, 0.25) is 5.91 Å². The average molecular weight is 215 g/mol. The van der Waals surface area contributed by atoms with Crippen LogP contribution in [-0.4, -0.2) is 5.91 Å².